The van der Waals surface area contributed by atoms with Crippen molar-refractivity contribution in [1.82, 2.24) is 39.4 Å². The molecule has 0 aromatic carbocycles. The molecule has 2 saturated carbocycles. The molecule has 3 atom stereocenters. The van der Waals surface area contributed by atoms with Crippen LogP contribution >= 0.6 is 0 Å². The fraction of sp³-hybridized carbons (Fsp3) is 0.393. The van der Waals surface area contributed by atoms with Crippen LogP contribution in [0.1, 0.15) is 67.0 Å². The Balaban J connectivity index is 1.08. The molecule has 0 bridgehead atoms. The molecule has 14 nitrogen and oxygen atoms in total. The summed E-state index contributed by atoms with van der Waals surface area (Å²) in [5.74, 6) is 1.85. The Morgan fingerprint density at radius 2 is 1.88 bits per heavy atom. The van der Waals surface area contributed by atoms with Crippen molar-refractivity contribution < 1.29 is 14.4 Å². The lowest BCUT2D eigenvalue weighted by Gasteiger charge is -2.17. The summed E-state index contributed by atoms with van der Waals surface area (Å²) in [4.78, 5) is 62.5. The second kappa shape index (κ2) is 9.82. The Hall–Kier alpha value is -5.01. The smallest absolute Gasteiger partial charge is 0.332 e. The van der Waals surface area contributed by atoms with Gasteiger partial charge in [0.05, 0.1) is 11.7 Å². The fourth-order valence-electron chi connectivity index (χ4n) is 5.20. The van der Waals surface area contributed by atoms with Gasteiger partial charge in [-0.05, 0) is 39.2 Å². The van der Waals surface area contributed by atoms with Crippen LogP contribution in [0.4, 0.5) is 22.2 Å². The number of nitrogens with one attached hydrogen (secondary N) is 2. The van der Waals surface area contributed by atoms with Crippen molar-refractivity contribution in [3.63, 3.8) is 0 Å². The Morgan fingerprint density at radius 3 is 2.62 bits per heavy atom. The van der Waals surface area contributed by atoms with Crippen LogP contribution in [-0.2, 0) is 9.59 Å². The minimum Gasteiger partial charge on any atom is -0.362 e. The first-order valence-electron chi connectivity index (χ1n) is 13.9. The standard InChI is InChI=1S/C28H29N11O3/c1-14-6-7-29-26(32-14)17-8-18(17)27(41)35-22-11-21(30-13-31-22)33-15(2)19-9-23-34-20(16-4-5-16)10-24(39(23)36-19)38-12-25(40)37(3)28(38)42/h6-7,9-11,13,15-18H,4-5,8,12H2,1-3H3,(H2,30,31,33,35,41)/t15-,17+,18+/m1/s1. The summed E-state index contributed by atoms with van der Waals surface area (Å²) in [5, 5.41) is 10.9. The molecule has 7 rings (SSSR count). The molecule has 0 unspecified atom stereocenters. The van der Waals surface area contributed by atoms with E-state index in [1.807, 2.05) is 32.0 Å². The second-order valence-electron chi connectivity index (χ2n) is 11.1. The maximum absolute atomic E-state index is 12.9. The quantitative estimate of drug-likeness (QED) is 0.303. The Kier molecular flexibility index (Phi) is 6.06. The Morgan fingerprint density at radius 1 is 1.07 bits per heavy atom. The van der Waals surface area contributed by atoms with Crippen molar-refractivity contribution >= 4 is 40.9 Å². The van der Waals surface area contributed by atoms with Crippen LogP contribution in [-0.4, -0.2) is 70.9 Å². The molecular formula is C28H29N11O3. The van der Waals surface area contributed by atoms with Gasteiger partial charge >= 0.3 is 6.03 Å². The summed E-state index contributed by atoms with van der Waals surface area (Å²) in [6.45, 7) is 3.79. The zero-order chi connectivity index (χ0) is 29.1. The molecule has 4 aromatic rings. The molecule has 0 spiro atoms. The van der Waals surface area contributed by atoms with Crippen molar-refractivity contribution in [1.29, 1.82) is 0 Å². The number of urea groups is 1. The number of imide groups is 1. The average molecular weight is 568 g/mol. The predicted octanol–water partition coefficient (Wildman–Crippen LogP) is 2.81. The summed E-state index contributed by atoms with van der Waals surface area (Å²) >= 11 is 0. The van der Waals surface area contributed by atoms with E-state index < -0.39 is 6.03 Å². The van der Waals surface area contributed by atoms with E-state index in [1.54, 1.807) is 16.8 Å². The number of carbonyl (C=O) groups is 3. The van der Waals surface area contributed by atoms with Crippen molar-refractivity contribution in [3.8, 4) is 0 Å². The first-order valence-corrected chi connectivity index (χ1v) is 13.9. The van der Waals surface area contributed by atoms with Gasteiger partial charge in [-0.15, -0.1) is 0 Å². The van der Waals surface area contributed by atoms with E-state index in [1.165, 1.54) is 18.3 Å². The van der Waals surface area contributed by atoms with Crippen LogP contribution in [0.15, 0.2) is 36.8 Å². The molecule has 14 heteroatoms. The van der Waals surface area contributed by atoms with E-state index in [4.69, 9.17) is 10.1 Å². The van der Waals surface area contributed by atoms with E-state index >= 15 is 0 Å². The summed E-state index contributed by atoms with van der Waals surface area (Å²) in [7, 11) is 1.48. The Labute approximate surface area is 240 Å². The molecule has 3 aliphatic rings. The van der Waals surface area contributed by atoms with Gasteiger partial charge < -0.3 is 10.6 Å². The molecular weight excluding hydrogens is 538 g/mol. The zero-order valence-corrected chi connectivity index (χ0v) is 23.4. The summed E-state index contributed by atoms with van der Waals surface area (Å²) in [6.07, 6.45) is 5.88. The van der Waals surface area contributed by atoms with Gasteiger partial charge in [-0.1, -0.05) is 0 Å². The van der Waals surface area contributed by atoms with Gasteiger partial charge in [-0.3, -0.25) is 19.4 Å². The minimum absolute atomic E-state index is 0.00714. The number of aromatic nitrogens is 7. The third-order valence-electron chi connectivity index (χ3n) is 7.90. The number of aryl methyl sites for hydroxylation is 1. The van der Waals surface area contributed by atoms with Crippen LogP contribution in [0.3, 0.4) is 0 Å². The molecule has 3 fully saturated rings. The number of hydrogen-bond donors (Lipinski definition) is 2. The normalized spacial score (nSPS) is 20.7. The molecule has 4 amide bonds. The third-order valence-corrected chi connectivity index (χ3v) is 7.90. The maximum Gasteiger partial charge on any atom is 0.332 e. The van der Waals surface area contributed by atoms with Crippen molar-refractivity contribution in [2.24, 2.45) is 5.92 Å². The highest BCUT2D eigenvalue weighted by Crippen LogP contribution is 2.46. The van der Waals surface area contributed by atoms with Gasteiger partial charge in [0.25, 0.3) is 5.91 Å². The monoisotopic (exact) mass is 567 g/mol. The third kappa shape index (κ3) is 4.78. The highest BCUT2D eigenvalue weighted by atomic mass is 16.2. The van der Waals surface area contributed by atoms with Gasteiger partial charge in [-0.2, -0.15) is 9.61 Å². The SMILES string of the molecule is Cc1ccnc([C@H]2C[C@@H]2C(=O)Nc2cc(N[C@H](C)c3cc4nc(C5CC5)cc(N5CC(=O)N(C)C5=O)n4n3)ncn2)n1. The molecule has 2 N–H and O–H groups in total. The van der Waals surface area contributed by atoms with Gasteiger partial charge in [0.2, 0.25) is 5.91 Å². The van der Waals surface area contributed by atoms with Crippen LogP contribution in [0.2, 0.25) is 0 Å². The van der Waals surface area contributed by atoms with Gasteiger partial charge in [-0.25, -0.2) is 29.7 Å². The van der Waals surface area contributed by atoms with Crippen molar-refractivity contribution in [3.05, 3.63) is 59.7 Å². The van der Waals surface area contributed by atoms with E-state index in [0.29, 0.717) is 47.0 Å². The first-order chi connectivity index (χ1) is 20.2. The van der Waals surface area contributed by atoms with Crippen LogP contribution in [0.25, 0.3) is 5.65 Å². The largest absolute Gasteiger partial charge is 0.362 e. The maximum atomic E-state index is 12.9. The number of nitrogens with zero attached hydrogens (tertiary/aromatic N) is 9. The van der Waals surface area contributed by atoms with E-state index in [9.17, 15) is 14.4 Å². The number of hydrogen-bond acceptors (Lipinski definition) is 10. The summed E-state index contributed by atoms with van der Waals surface area (Å²) < 4.78 is 1.61. The lowest BCUT2D eigenvalue weighted by atomic mass is 10.2. The van der Waals surface area contributed by atoms with E-state index in [2.05, 4.69) is 30.6 Å². The van der Waals surface area contributed by atoms with Crippen molar-refractivity contribution in [2.75, 3.05) is 29.1 Å². The van der Waals surface area contributed by atoms with Gasteiger partial charge in [0, 0.05) is 60.6 Å². The summed E-state index contributed by atoms with van der Waals surface area (Å²) in [6, 6.07) is 6.54. The number of likely N-dealkylation sites (N-methyl/N-ethyl adjacent to an activating group) is 1. The number of carbonyl (C=O) groups excluding carboxylic acids is 3. The highest BCUT2D eigenvalue weighted by Gasteiger charge is 2.46. The highest BCUT2D eigenvalue weighted by molar-refractivity contribution is 6.11. The zero-order valence-electron chi connectivity index (χ0n) is 23.4. The molecule has 4 aromatic heterocycles. The summed E-state index contributed by atoms with van der Waals surface area (Å²) in [5.41, 5.74) is 3.04. The first kappa shape index (κ1) is 25.9. The molecule has 42 heavy (non-hydrogen) atoms. The fourth-order valence-corrected chi connectivity index (χ4v) is 5.20. The number of rotatable bonds is 8. The Bertz CT molecular complexity index is 1750. The van der Waals surface area contributed by atoms with E-state index in [-0.39, 0.29) is 36.2 Å². The number of amides is 4. The van der Waals surface area contributed by atoms with Gasteiger partial charge in [0.1, 0.15) is 36.2 Å². The second-order valence-corrected chi connectivity index (χ2v) is 11.1. The molecule has 5 heterocycles. The van der Waals surface area contributed by atoms with Crippen LogP contribution < -0.4 is 15.5 Å². The van der Waals surface area contributed by atoms with Crippen molar-refractivity contribution in [2.45, 2.75) is 51.0 Å². The lowest BCUT2D eigenvalue weighted by molar-refractivity contribution is -0.124. The molecule has 1 saturated heterocycles. The number of anilines is 3. The van der Waals surface area contributed by atoms with Crippen LogP contribution in [0.5, 0.6) is 0 Å². The lowest BCUT2D eigenvalue weighted by Crippen LogP contribution is -2.31. The average Bonchev–Trinajstić information content (AvgIpc) is 3.90. The minimum atomic E-state index is -0.392. The van der Waals surface area contributed by atoms with E-state index in [0.717, 1.165) is 29.1 Å². The predicted molar refractivity (Wildman–Crippen MR) is 151 cm³/mol. The molecule has 2 aliphatic carbocycles. The molecule has 214 valence electrons. The van der Waals surface area contributed by atoms with Gasteiger partial charge in [0.15, 0.2) is 5.65 Å². The molecule has 1 aliphatic heterocycles. The topological polar surface area (TPSA) is 164 Å². The molecule has 0 radical (unpaired) electrons. The van der Waals surface area contributed by atoms with Crippen LogP contribution in [0, 0.1) is 12.8 Å². The number of fused-ring (bicyclic) bond motifs is 1.